The van der Waals surface area contributed by atoms with Crippen molar-refractivity contribution in [3.05, 3.63) is 59.7 Å². The summed E-state index contributed by atoms with van der Waals surface area (Å²) in [5.41, 5.74) is 1.64. The number of ether oxygens (including phenoxy) is 1. The molecular weight excluding hydrogens is 368 g/mol. The largest absolute Gasteiger partial charge is 0.480 e. The predicted molar refractivity (Wildman–Crippen MR) is 112 cm³/mol. The van der Waals surface area contributed by atoms with Crippen molar-refractivity contribution in [2.45, 2.75) is 32.7 Å². The smallest absolute Gasteiger partial charge is 0.317 e. The third-order valence-electron chi connectivity index (χ3n) is 5.35. The van der Waals surface area contributed by atoms with Gasteiger partial charge in [-0.05, 0) is 56.1 Å². The molecule has 0 saturated carbocycles. The summed E-state index contributed by atoms with van der Waals surface area (Å²) in [5, 5.41) is 9.08. The topological polar surface area (TPSA) is 70.1 Å². The molecule has 29 heavy (non-hydrogen) atoms. The third kappa shape index (κ3) is 5.35. The van der Waals surface area contributed by atoms with Crippen molar-refractivity contribution in [3.8, 4) is 11.5 Å². The van der Waals surface area contributed by atoms with Crippen LogP contribution in [-0.4, -0.2) is 59.0 Å². The third-order valence-corrected chi connectivity index (χ3v) is 5.35. The highest BCUT2D eigenvalue weighted by Gasteiger charge is 2.28. The second kappa shape index (κ2) is 9.56. The van der Waals surface area contributed by atoms with Crippen molar-refractivity contribution < 1.29 is 19.4 Å². The van der Waals surface area contributed by atoms with E-state index < -0.39 is 5.97 Å². The Labute approximate surface area is 171 Å². The Morgan fingerprint density at radius 1 is 1.14 bits per heavy atom. The van der Waals surface area contributed by atoms with Gasteiger partial charge in [0.2, 0.25) is 0 Å². The monoisotopic (exact) mass is 396 g/mol. The summed E-state index contributed by atoms with van der Waals surface area (Å²) in [6.07, 6.45) is 1.54. The second-order valence-electron chi connectivity index (χ2n) is 7.39. The van der Waals surface area contributed by atoms with Crippen LogP contribution in [0.3, 0.4) is 0 Å². The maximum atomic E-state index is 13.1. The number of carboxylic acids is 1. The van der Waals surface area contributed by atoms with Crippen molar-refractivity contribution in [3.63, 3.8) is 0 Å². The van der Waals surface area contributed by atoms with Gasteiger partial charge in [-0.3, -0.25) is 14.5 Å². The van der Waals surface area contributed by atoms with Crippen LogP contribution < -0.4 is 4.74 Å². The fourth-order valence-electron chi connectivity index (χ4n) is 3.82. The van der Waals surface area contributed by atoms with Gasteiger partial charge < -0.3 is 14.7 Å². The predicted octanol–water partition coefficient (Wildman–Crippen LogP) is 3.80. The molecule has 2 aromatic rings. The molecule has 1 aliphatic heterocycles. The van der Waals surface area contributed by atoms with Crippen LogP contribution in [0.5, 0.6) is 11.5 Å². The Morgan fingerprint density at radius 2 is 1.86 bits per heavy atom. The number of para-hydroxylation sites is 1. The lowest BCUT2D eigenvalue weighted by molar-refractivity contribution is -0.139. The van der Waals surface area contributed by atoms with Gasteiger partial charge in [-0.15, -0.1) is 0 Å². The minimum atomic E-state index is -0.812. The molecule has 6 heteroatoms. The first-order chi connectivity index (χ1) is 14.0. The van der Waals surface area contributed by atoms with Gasteiger partial charge in [-0.25, -0.2) is 0 Å². The second-order valence-corrected chi connectivity index (χ2v) is 7.39. The molecule has 6 nitrogen and oxygen atoms in total. The van der Waals surface area contributed by atoms with E-state index in [1.807, 2.05) is 66.1 Å². The quantitative estimate of drug-likeness (QED) is 0.771. The van der Waals surface area contributed by atoms with Gasteiger partial charge in [-0.1, -0.05) is 31.2 Å². The van der Waals surface area contributed by atoms with Crippen LogP contribution in [0.4, 0.5) is 0 Å². The van der Waals surface area contributed by atoms with Crippen molar-refractivity contribution in [2.75, 3.05) is 26.2 Å². The minimum Gasteiger partial charge on any atom is -0.480 e. The standard InChI is InChI=1S/C23H28N2O4/c1-3-24(16-22(26)27)18-11-13-25(14-12-18)23(28)20-9-4-5-10-21(20)29-19-8-6-7-17(2)15-19/h4-10,15,18H,3,11-14,16H2,1-2H3,(H,26,27). The fraction of sp³-hybridized carbons (Fsp3) is 0.391. The Morgan fingerprint density at radius 3 is 2.52 bits per heavy atom. The maximum Gasteiger partial charge on any atom is 0.317 e. The van der Waals surface area contributed by atoms with Crippen LogP contribution in [0.15, 0.2) is 48.5 Å². The number of carbonyl (C=O) groups excluding carboxylic acids is 1. The van der Waals surface area contributed by atoms with Crippen LogP contribution in [-0.2, 0) is 4.79 Å². The summed E-state index contributed by atoms with van der Waals surface area (Å²) >= 11 is 0. The van der Waals surface area contributed by atoms with Gasteiger partial charge in [0.1, 0.15) is 11.5 Å². The molecule has 0 aromatic heterocycles. The Bertz CT molecular complexity index is 859. The molecule has 1 saturated heterocycles. The Kier molecular flexibility index (Phi) is 6.88. The Hall–Kier alpha value is -2.86. The zero-order valence-electron chi connectivity index (χ0n) is 17.0. The number of aryl methyl sites for hydroxylation is 1. The number of nitrogens with zero attached hydrogens (tertiary/aromatic N) is 2. The molecule has 3 rings (SSSR count). The molecule has 1 heterocycles. The zero-order chi connectivity index (χ0) is 20.8. The van der Waals surface area contributed by atoms with E-state index in [2.05, 4.69) is 0 Å². The molecule has 1 fully saturated rings. The fourth-order valence-corrected chi connectivity index (χ4v) is 3.82. The van der Waals surface area contributed by atoms with Gasteiger partial charge >= 0.3 is 5.97 Å². The number of carbonyl (C=O) groups is 2. The molecule has 2 aromatic carbocycles. The summed E-state index contributed by atoms with van der Waals surface area (Å²) in [4.78, 5) is 28.0. The molecule has 1 amide bonds. The first-order valence-electron chi connectivity index (χ1n) is 10.1. The lowest BCUT2D eigenvalue weighted by atomic mass is 10.0. The highest BCUT2D eigenvalue weighted by Crippen LogP contribution is 2.28. The molecule has 0 radical (unpaired) electrons. The van der Waals surface area contributed by atoms with Crippen LogP contribution in [0, 0.1) is 6.92 Å². The molecule has 0 spiro atoms. The van der Waals surface area contributed by atoms with E-state index >= 15 is 0 Å². The van der Waals surface area contributed by atoms with E-state index in [9.17, 15) is 9.59 Å². The molecular formula is C23H28N2O4. The van der Waals surface area contributed by atoms with E-state index in [0.29, 0.717) is 36.7 Å². The van der Waals surface area contributed by atoms with Crippen LogP contribution >= 0.6 is 0 Å². The summed E-state index contributed by atoms with van der Waals surface area (Å²) in [7, 11) is 0. The molecule has 1 N–H and O–H groups in total. The van der Waals surface area contributed by atoms with Gasteiger partial charge in [0, 0.05) is 19.1 Å². The zero-order valence-corrected chi connectivity index (χ0v) is 17.0. The van der Waals surface area contributed by atoms with E-state index in [1.165, 1.54) is 0 Å². The van der Waals surface area contributed by atoms with Crippen molar-refractivity contribution >= 4 is 11.9 Å². The first kappa shape index (κ1) is 20.9. The Balaban J connectivity index is 1.68. The SMILES string of the molecule is CCN(CC(=O)O)C1CCN(C(=O)c2ccccc2Oc2cccc(C)c2)CC1. The van der Waals surface area contributed by atoms with Gasteiger partial charge in [0.05, 0.1) is 12.1 Å². The van der Waals surface area contributed by atoms with E-state index in [0.717, 1.165) is 18.4 Å². The van der Waals surface area contributed by atoms with Gasteiger partial charge in [-0.2, -0.15) is 0 Å². The number of piperidine rings is 1. The molecule has 0 atom stereocenters. The van der Waals surface area contributed by atoms with Crippen molar-refractivity contribution in [2.24, 2.45) is 0 Å². The van der Waals surface area contributed by atoms with Crippen LogP contribution in [0.25, 0.3) is 0 Å². The molecule has 0 aliphatic carbocycles. The van der Waals surface area contributed by atoms with Crippen LogP contribution in [0.1, 0.15) is 35.7 Å². The average molecular weight is 396 g/mol. The number of aliphatic carboxylic acids is 1. The molecule has 1 aliphatic rings. The molecule has 0 bridgehead atoms. The number of rotatable bonds is 7. The summed E-state index contributed by atoms with van der Waals surface area (Å²) in [6.45, 7) is 5.93. The number of likely N-dealkylation sites (tertiary alicyclic amines) is 1. The normalized spacial score (nSPS) is 14.8. The van der Waals surface area contributed by atoms with E-state index in [4.69, 9.17) is 9.84 Å². The number of benzene rings is 2. The van der Waals surface area contributed by atoms with Crippen LogP contribution in [0.2, 0.25) is 0 Å². The highest BCUT2D eigenvalue weighted by molar-refractivity contribution is 5.97. The highest BCUT2D eigenvalue weighted by atomic mass is 16.5. The maximum absolute atomic E-state index is 13.1. The number of amides is 1. The number of hydrogen-bond acceptors (Lipinski definition) is 4. The van der Waals surface area contributed by atoms with Crippen molar-refractivity contribution in [1.29, 1.82) is 0 Å². The summed E-state index contributed by atoms with van der Waals surface area (Å²) in [5.74, 6) is 0.392. The molecule has 0 unspecified atom stereocenters. The lowest BCUT2D eigenvalue weighted by Crippen LogP contribution is -2.48. The lowest BCUT2D eigenvalue weighted by Gasteiger charge is -2.37. The number of likely N-dealkylation sites (N-methyl/N-ethyl adjacent to an activating group) is 1. The van der Waals surface area contributed by atoms with E-state index in [1.54, 1.807) is 6.07 Å². The summed E-state index contributed by atoms with van der Waals surface area (Å²) < 4.78 is 6.00. The molecule has 154 valence electrons. The van der Waals surface area contributed by atoms with Crippen molar-refractivity contribution in [1.82, 2.24) is 9.80 Å². The van der Waals surface area contributed by atoms with E-state index in [-0.39, 0.29) is 18.5 Å². The minimum absolute atomic E-state index is 0.0439. The average Bonchev–Trinajstić information content (AvgIpc) is 2.72. The summed E-state index contributed by atoms with van der Waals surface area (Å²) in [6, 6.07) is 15.2. The van der Waals surface area contributed by atoms with Gasteiger partial charge in [0.15, 0.2) is 0 Å². The number of carboxylic acid groups (broad SMARTS) is 1. The number of hydrogen-bond donors (Lipinski definition) is 1. The first-order valence-corrected chi connectivity index (χ1v) is 10.1. The van der Waals surface area contributed by atoms with Gasteiger partial charge in [0.25, 0.3) is 5.91 Å².